The van der Waals surface area contributed by atoms with E-state index < -0.39 is 0 Å². The Balaban J connectivity index is 2.17. The van der Waals surface area contributed by atoms with Gasteiger partial charge in [-0.2, -0.15) is 0 Å². The lowest BCUT2D eigenvalue weighted by Crippen LogP contribution is -2.15. The zero-order valence-electron chi connectivity index (χ0n) is 13.4. The fourth-order valence-electron chi connectivity index (χ4n) is 2.28. The van der Waals surface area contributed by atoms with Crippen LogP contribution in [0.3, 0.4) is 0 Å². The van der Waals surface area contributed by atoms with Crippen LogP contribution in [-0.4, -0.2) is 43.2 Å². The van der Waals surface area contributed by atoms with E-state index >= 15 is 0 Å². The third kappa shape index (κ3) is 4.33. The van der Waals surface area contributed by atoms with Crippen LogP contribution in [0.2, 0.25) is 0 Å². The number of nitrogens with one attached hydrogen (secondary N) is 1. The lowest BCUT2D eigenvalue weighted by molar-refractivity contribution is 0.276. The summed E-state index contributed by atoms with van der Waals surface area (Å²) in [5, 5.41) is 5.69. The van der Waals surface area contributed by atoms with E-state index in [9.17, 15) is 0 Å². The summed E-state index contributed by atoms with van der Waals surface area (Å²) in [6.45, 7) is 5.98. The first-order valence-corrected chi connectivity index (χ1v) is 7.49. The minimum atomic E-state index is 0.397. The minimum absolute atomic E-state index is 0.397. The Morgan fingerprint density at radius 2 is 2.00 bits per heavy atom. The average Bonchev–Trinajstić information content (AvgIpc) is 2.43. The van der Waals surface area contributed by atoms with E-state index in [0.717, 1.165) is 35.3 Å². The molecule has 4 heteroatoms. The molecule has 0 fully saturated rings. The van der Waals surface area contributed by atoms with Crippen molar-refractivity contribution in [2.45, 2.75) is 26.3 Å². The van der Waals surface area contributed by atoms with Crippen LogP contribution in [0.1, 0.15) is 20.3 Å². The van der Waals surface area contributed by atoms with Crippen molar-refractivity contribution < 1.29 is 4.74 Å². The Bertz CT molecular complexity index is 581. The third-order valence-corrected chi connectivity index (χ3v) is 3.20. The summed E-state index contributed by atoms with van der Waals surface area (Å²) in [5.74, 6) is 0.721. The summed E-state index contributed by atoms with van der Waals surface area (Å²) < 4.78 is 5.86. The highest BCUT2D eigenvalue weighted by Crippen LogP contribution is 2.29. The summed E-state index contributed by atoms with van der Waals surface area (Å²) in [4.78, 5) is 6.54. The highest BCUT2D eigenvalue weighted by atomic mass is 16.5. The molecule has 0 bridgehead atoms. The van der Waals surface area contributed by atoms with Gasteiger partial charge < -0.3 is 15.0 Å². The van der Waals surface area contributed by atoms with Crippen LogP contribution in [0.15, 0.2) is 30.5 Å². The zero-order valence-corrected chi connectivity index (χ0v) is 13.4. The summed E-state index contributed by atoms with van der Waals surface area (Å²) in [7, 11) is 4.14. The highest BCUT2D eigenvalue weighted by Gasteiger charge is 2.07. The summed E-state index contributed by atoms with van der Waals surface area (Å²) in [5.41, 5.74) is 1.13. The Morgan fingerprint density at radius 1 is 1.19 bits per heavy atom. The number of ether oxygens (including phenoxy) is 1. The number of aromatic nitrogens is 1. The molecule has 0 radical (unpaired) electrons. The molecule has 1 heterocycles. The van der Waals surface area contributed by atoms with Gasteiger partial charge >= 0.3 is 0 Å². The molecule has 0 unspecified atom stereocenters. The van der Waals surface area contributed by atoms with E-state index in [1.54, 1.807) is 0 Å². The smallest absolute Gasteiger partial charge is 0.221 e. The largest absolute Gasteiger partial charge is 0.477 e. The third-order valence-electron chi connectivity index (χ3n) is 3.20. The lowest BCUT2D eigenvalue weighted by Gasteiger charge is -2.15. The SMILES string of the molecule is CC(C)Nc1cccc2c(OCCCN(C)C)nccc12. The molecule has 0 aliphatic rings. The second-order valence-corrected chi connectivity index (χ2v) is 5.82. The van der Waals surface area contributed by atoms with Gasteiger partial charge in [-0.25, -0.2) is 4.98 Å². The van der Waals surface area contributed by atoms with Crippen LogP contribution in [0.5, 0.6) is 5.88 Å². The van der Waals surface area contributed by atoms with Crippen LogP contribution in [0.4, 0.5) is 5.69 Å². The van der Waals surface area contributed by atoms with E-state index in [4.69, 9.17) is 4.74 Å². The van der Waals surface area contributed by atoms with Gasteiger partial charge in [0.05, 0.1) is 6.61 Å². The van der Waals surface area contributed by atoms with Gasteiger partial charge in [0.1, 0.15) is 0 Å². The van der Waals surface area contributed by atoms with Gasteiger partial charge in [0.2, 0.25) is 5.88 Å². The Morgan fingerprint density at radius 3 is 2.71 bits per heavy atom. The second kappa shape index (κ2) is 7.27. The van der Waals surface area contributed by atoms with Gasteiger partial charge in [0.25, 0.3) is 0 Å². The van der Waals surface area contributed by atoms with E-state index in [2.05, 4.69) is 55.3 Å². The number of nitrogens with zero attached hydrogens (tertiary/aromatic N) is 2. The van der Waals surface area contributed by atoms with Crippen LogP contribution in [0, 0.1) is 0 Å². The summed E-state index contributed by atoms with van der Waals surface area (Å²) in [6, 6.07) is 8.63. The Labute approximate surface area is 127 Å². The fraction of sp³-hybridized carbons (Fsp3) is 0.471. The van der Waals surface area contributed by atoms with Crippen LogP contribution >= 0.6 is 0 Å². The first-order chi connectivity index (χ1) is 10.1. The van der Waals surface area contributed by atoms with Crippen LogP contribution in [0.25, 0.3) is 10.8 Å². The number of pyridine rings is 1. The Hall–Kier alpha value is -1.81. The van der Waals surface area contributed by atoms with Crippen molar-refractivity contribution in [3.05, 3.63) is 30.5 Å². The molecule has 21 heavy (non-hydrogen) atoms. The summed E-state index contributed by atoms with van der Waals surface area (Å²) in [6.07, 6.45) is 2.81. The molecule has 0 aliphatic heterocycles. The van der Waals surface area contributed by atoms with Gasteiger partial charge in [0, 0.05) is 35.2 Å². The van der Waals surface area contributed by atoms with E-state index in [1.165, 1.54) is 0 Å². The zero-order chi connectivity index (χ0) is 15.2. The predicted molar refractivity (Wildman–Crippen MR) is 89.2 cm³/mol. The molecule has 0 amide bonds. The molecule has 0 spiro atoms. The van der Waals surface area contributed by atoms with E-state index in [1.807, 2.05) is 18.3 Å². The van der Waals surface area contributed by atoms with Crippen molar-refractivity contribution in [3.8, 4) is 5.88 Å². The number of rotatable bonds is 7. The number of benzene rings is 1. The van der Waals surface area contributed by atoms with E-state index in [-0.39, 0.29) is 0 Å². The molecule has 0 aliphatic carbocycles. The van der Waals surface area contributed by atoms with Crippen molar-refractivity contribution in [3.63, 3.8) is 0 Å². The maximum absolute atomic E-state index is 5.86. The molecule has 2 aromatic rings. The number of hydrogen-bond acceptors (Lipinski definition) is 4. The van der Waals surface area contributed by atoms with Crippen molar-refractivity contribution in [2.75, 3.05) is 32.6 Å². The van der Waals surface area contributed by atoms with Crippen molar-refractivity contribution in [2.24, 2.45) is 0 Å². The van der Waals surface area contributed by atoms with E-state index in [0.29, 0.717) is 12.6 Å². The van der Waals surface area contributed by atoms with Crippen LogP contribution in [-0.2, 0) is 0 Å². The van der Waals surface area contributed by atoms with Crippen molar-refractivity contribution >= 4 is 16.5 Å². The topological polar surface area (TPSA) is 37.4 Å². The maximum Gasteiger partial charge on any atom is 0.221 e. The Kier molecular flexibility index (Phi) is 5.39. The summed E-state index contributed by atoms with van der Waals surface area (Å²) >= 11 is 0. The quantitative estimate of drug-likeness (QED) is 0.792. The maximum atomic E-state index is 5.86. The number of fused-ring (bicyclic) bond motifs is 1. The lowest BCUT2D eigenvalue weighted by atomic mass is 10.1. The predicted octanol–water partition coefficient (Wildman–Crippen LogP) is 3.39. The van der Waals surface area contributed by atoms with Gasteiger partial charge in [-0.1, -0.05) is 6.07 Å². The molecule has 0 saturated heterocycles. The fourth-order valence-corrected chi connectivity index (χ4v) is 2.28. The first kappa shape index (κ1) is 15.6. The van der Waals surface area contributed by atoms with Gasteiger partial charge in [0.15, 0.2) is 0 Å². The molecule has 1 aromatic carbocycles. The van der Waals surface area contributed by atoms with Gasteiger partial charge in [-0.3, -0.25) is 0 Å². The molecule has 4 nitrogen and oxygen atoms in total. The van der Waals surface area contributed by atoms with Gasteiger partial charge in [-0.15, -0.1) is 0 Å². The monoisotopic (exact) mass is 287 g/mol. The first-order valence-electron chi connectivity index (χ1n) is 7.49. The molecule has 114 valence electrons. The molecule has 1 N–H and O–H groups in total. The minimum Gasteiger partial charge on any atom is -0.477 e. The highest BCUT2D eigenvalue weighted by molar-refractivity contribution is 5.96. The molecule has 0 atom stereocenters. The molecular weight excluding hydrogens is 262 g/mol. The van der Waals surface area contributed by atoms with Gasteiger partial charge in [-0.05, 0) is 52.6 Å². The number of hydrogen-bond donors (Lipinski definition) is 1. The standard InChI is InChI=1S/C17H25N3O/c1-13(2)19-16-8-5-7-15-14(16)9-10-18-17(15)21-12-6-11-20(3)4/h5,7-10,13,19H,6,11-12H2,1-4H3. The van der Waals surface area contributed by atoms with Crippen molar-refractivity contribution in [1.29, 1.82) is 0 Å². The normalized spacial score (nSPS) is 11.3. The average molecular weight is 287 g/mol. The molecule has 0 saturated carbocycles. The molecule has 1 aromatic heterocycles. The second-order valence-electron chi connectivity index (χ2n) is 5.82. The molecule has 2 rings (SSSR count). The molecular formula is C17H25N3O. The number of anilines is 1. The van der Waals surface area contributed by atoms with Crippen molar-refractivity contribution in [1.82, 2.24) is 9.88 Å². The van der Waals surface area contributed by atoms with Crippen LogP contribution < -0.4 is 10.1 Å².